The topological polar surface area (TPSA) is 26.3 Å². The lowest BCUT2D eigenvalue weighted by Crippen LogP contribution is -2.06. The summed E-state index contributed by atoms with van der Waals surface area (Å²) < 4.78 is 5.16. The Bertz CT molecular complexity index is 355. The fourth-order valence-corrected chi connectivity index (χ4v) is 1.35. The van der Waals surface area contributed by atoms with Gasteiger partial charge in [-0.25, -0.2) is 4.79 Å². The van der Waals surface area contributed by atoms with Crippen LogP contribution in [0.1, 0.15) is 31.7 Å². The highest BCUT2D eigenvalue weighted by atomic mass is 16.5. The van der Waals surface area contributed by atoms with Gasteiger partial charge in [-0.15, -0.1) is 0 Å². The molecule has 0 aliphatic carbocycles. The van der Waals surface area contributed by atoms with E-state index in [0.29, 0.717) is 11.7 Å². The van der Waals surface area contributed by atoms with Crippen LogP contribution in [0.15, 0.2) is 36.9 Å². The lowest BCUT2D eigenvalue weighted by molar-refractivity contribution is -0.129. The number of carbonyl (C=O) groups is 1. The van der Waals surface area contributed by atoms with Crippen LogP contribution in [0.2, 0.25) is 0 Å². The number of carbonyl (C=O) groups excluding carboxylic acids is 1. The number of rotatable bonds is 4. The first kappa shape index (κ1) is 11.5. The van der Waals surface area contributed by atoms with Gasteiger partial charge >= 0.3 is 5.97 Å². The average molecular weight is 204 g/mol. The second-order valence-corrected chi connectivity index (χ2v) is 3.47. The lowest BCUT2D eigenvalue weighted by Gasteiger charge is -2.13. The van der Waals surface area contributed by atoms with E-state index in [-0.39, 0.29) is 0 Å². The average Bonchev–Trinajstić information content (AvgIpc) is 2.28. The van der Waals surface area contributed by atoms with Crippen molar-refractivity contribution in [1.29, 1.82) is 0 Å². The van der Waals surface area contributed by atoms with Crippen LogP contribution in [0.25, 0.3) is 0 Å². The second-order valence-electron chi connectivity index (χ2n) is 3.47. The molecule has 0 aliphatic heterocycles. The van der Waals surface area contributed by atoms with E-state index in [4.69, 9.17) is 4.74 Å². The van der Waals surface area contributed by atoms with Crippen LogP contribution >= 0.6 is 0 Å². The van der Waals surface area contributed by atoms with Gasteiger partial charge in [-0.2, -0.15) is 0 Å². The van der Waals surface area contributed by atoms with Gasteiger partial charge in [0.2, 0.25) is 0 Å². The maximum atomic E-state index is 11.1. The number of esters is 1. The third-order valence-corrected chi connectivity index (χ3v) is 2.44. The zero-order chi connectivity index (χ0) is 11.3. The Labute approximate surface area is 90.6 Å². The maximum Gasteiger partial charge on any atom is 0.335 e. The molecule has 0 saturated heterocycles. The molecule has 80 valence electrons. The normalized spacial score (nSPS) is 11.9. The lowest BCUT2D eigenvalue weighted by atomic mass is 9.98. The molecule has 0 fully saturated rings. The van der Waals surface area contributed by atoms with E-state index < -0.39 is 5.97 Å². The van der Waals surface area contributed by atoms with Crippen LogP contribution in [-0.4, -0.2) is 5.97 Å². The van der Waals surface area contributed by atoms with E-state index in [9.17, 15) is 4.79 Å². The van der Waals surface area contributed by atoms with E-state index in [1.165, 1.54) is 6.08 Å². The van der Waals surface area contributed by atoms with E-state index in [1.54, 1.807) is 0 Å². The minimum absolute atomic E-state index is 0.388. The Balaban J connectivity index is 2.95. The number of ether oxygens (including phenoxy) is 1. The summed E-state index contributed by atoms with van der Waals surface area (Å²) >= 11 is 0. The summed E-state index contributed by atoms with van der Waals surface area (Å²) in [6.07, 6.45) is 2.19. The van der Waals surface area contributed by atoms with Gasteiger partial charge in [0.05, 0.1) is 0 Å². The molecular formula is C13H16O2. The highest BCUT2D eigenvalue weighted by molar-refractivity contribution is 5.83. The van der Waals surface area contributed by atoms with Gasteiger partial charge < -0.3 is 4.74 Å². The predicted octanol–water partition coefficient (Wildman–Crippen LogP) is 3.29. The zero-order valence-corrected chi connectivity index (χ0v) is 9.19. The summed E-state index contributed by atoms with van der Waals surface area (Å²) in [5.74, 6) is 0.612. The van der Waals surface area contributed by atoms with E-state index in [2.05, 4.69) is 20.4 Å². The first-order valence-corrected chi connectivity index (χ1v) is 5.12. The Morgan fingerprint density at radius 3 is 2.80 bits per heavy atom. The van der Waals surface area contributed by atoms with Crippen molar-refractivity contribution < 1.29 is 9.53 Å². The fraction of sp³-hybridized carbons (Fsp3) is 0.308. The minimum Gasteiger partial charge on any atom is -0.423 e. The number of hydrogen-bond donors (Lipinski definition) is 0. The van der Waals surface area contributed by atoms with Crippen molar-refractivity contribution in [2.45, 2.75) is 26.2 Å². The molecule has 0 aromatic heterocycles. The molecule has 0 bridgehead atoms. The number of hydrogen-bond acceptors (Lipinski definition) is 2. The first-order valence-electron chi connectivity index (χ1n) is 5.12. The molecule has 2 heteroatoms. The monoisotopic (exact) mass is 204 g/mol. The Morgan fingerprint density at radius 2 is 2.20 bits per heavy atom. The molecule has 1 aromatic rings. The molecule has 1 unspecified atom stereocenters. The molecule has 0 heterocycles. The number of para-hydroxylation sites is 1. The summed E-state index contributed by atoms with van der Waals surface area (Å²) in [4.78, 5) is 11.1. The van der Waals surface area contributed by atoms with Gasteiger partial charge in [-0.05, 0) is 24.0 Å². The molecule has 0 radical (unpaired) electrons. The highest BCUT2D eigenvalue weighted by Gasteiger charge is 2.10. The van der Waals surface area contributed by atoms with Gasteiger partial charge in [-0.3, -0.25) is 0 Å². The van der Waals surface area contributed by atoms with Crippen LogP contribution < -0.4 is 4.74 Å². The van der Waals surface area contributed by atoms with Crippen LogP contribution in [0, 0.1) is 0 Å². The van der Waals surface area contributed by atoms with Crippen molar-refractivity contribution in [2.75, 3.05) is 0 Å². The van der Waals surface area contributed by atoms with E-state index in [1.807, 2.05) is 24.3 Å². The summed E-state index contributed by atoms with van der Waals surface area (Å²) in [7, 11) is 0. The molecule has 1 atom stereocenters. The standard InChI is InChI=1S/C13H16O2/c1-4-10(3)11-8-6-7-9-12(11)15-13(14)5-2/h5-10H,2,4H2,1,3H3. The second kappa shape index (κ2) is 5.35. The molecule has 0 spiro atoms. The maximum absolute atomic E-state index is 11.1. The summed E-state index contributed by atoms with van der Waals surface area (Å²) in [5.41, 5.74) is 1.07. The fourth-order valence-electron chi connectivity index (χ4n) is 1.35. The summed E-state index contributed by atoms with van der Waals surface area (Å²) in [6.45, 7) is 7.60. The third kappa shape index (κ3) is 2.94. The molecule has 1 aromatic carbocycles. The molecule has 2 nitrogen and oxygen atoms in total. The zero-order valence-electron chi connectivity index (χ0n) is 9.19. The van der Waals surface area contributed by atoms with Gasteiger partial charge in [0.1, 0.15) is 5.75 Å². The van der Waals surface area contributed by atoms with Crippen molar-refractivity contribution in [3.05, 3.63) is 42.5 Å². The van der Waals surface area contributed by atoms with Crippen molar-refractivity contribution in [1.82, 2.24) is 0 Å². The number of benzene rings is 1. The molecule has 0 N–H and O–H groups in total. The molecule has 0 saturated carbocycles. The predicted molar refractivity (Wildman–Crippen MR) is 61.0 cm³/mol. The van der Waals surface area contributed by atoms with E-state index >= 15 is 0 Å². The van der Waals surface area contributed by atoms with E-state index in [0.717, 1.165) is 12.0 Å². The van der Waals surface area contributed by atoms with Crippen LogP contribution in [0.5, 0.6) is 5.75 Å². The van der Waals surface area contributed by atoms with Crippen molar-refractivity contribution in [3.8, 4) is 5.75 Å². The molecule has 0 aliphatic rings. The Kier molecular flexibility index (Phi) is 4.10. The highest BCUT2D eigenvalue weighted by Crippen LogP contribution is 2.28. The van der Waals surface area contributed by atoms with Gasteiger partial charge in [-0.1, -0.05) is 38.6 Å². The van der Waals surface area contributed by atoms with Crippen molar-refractivity contribution in [3.63, 3.8) is 0 Å². The van der Waals surface area contributed by atoms with Crippen LogP contribution in [-0.2, 0) is 4.79 Å². The van der Waals surface area contributed by atoms with Gasteiger partial charge in [0.25, 0.3) is 0 Å². The largest absolute Gasteiger partial charge is 0.423 e. The summed E-state index contributed by atoms with van der Waals surface area (Å²) in [5, 5.41) is 0. The molecule has 1 rings (SSSR count). The minimum atomic E-state index is -0.411. The molecule has 0 amide bonds. The smallest absolute Gasteiger partial charge is 0.335 e. The van der Waals surface area contributed by atoms with Crippen LogP contribution in [0.4, 0.5) is 0 Å². The van der Waals surface area contributed by atoms with Crippen molar-refractivity contribution in [2.24, 2.45) is 0 Å². The van der Waals surface area contributed by atoms with Gasteiger partial charge in [0.15, 0.2) is 0 Å². The molecule has 15 heavy (non-hydrogen) atoms. The molecular weight excluding hydrogens is 188 g/mol. The third-order valence-electron chi connectivity index (χ3n) is 2.44. The Hall–Kier alpha value is -1.57. The van der Waals surface area contributed by atoms with Crippen LogP contribution in [0.3, 0.4) is 0 Å². The summed E-state index contributed by atoms with van der Waals surface area (Å²) in [6, 6.07) is 7.60. The quantitative estimate of drug-likeness (QED) is 0.427. The van der Waals surface area contributed by atoms with Gasteiger partial charge in [0, 0.05) is 6.08 Å². The van der Waals surface area contributed by atoms with Crippen molar-refractivity contribution >= 4 is 5.97 Å². The Morgan fingerprint density at radius 1 is 1.53 bits per heavy atom. The SMILES string of the molecule is C=CC(=O)Oc1ccccc1C(C)CC. The first-order chi connectivity index (χ1) is 7.19.